The SMILES string of the molecule is CO[C@H](C)[C@@H](C=O)NC(=O)[C@H](CO)NC(=O)[C@H](CC(C)C)NC(=O)[C@@H]1CCCN1C(=O)[C@@H](NC(C)=O)[C@@H](C)O. The number of hydrogen-bond donors (Lipinski definition) is 6. The standard InChI is InChI=1S/C25H43N5O9/c1-13(2)10-17(22(35)29-19(12-32)23(36)28-18(11-31)15(4)39-6)27-24(37)20-8-7-9-30(20)25(38)21(14(3)33)26-16(5)34/h11,13-15,17-21,32-33H,7-10,12H2,1-6H3,(H,26,34)(H,27,37)(H,28,36)(H,29,35)/t14-,15-,17+,18-,19+,20+,21+/m1/s1. The number of amides is 5. The van der Waals surface area contributed by atoms with Gasteiger partial charge in [-0.3, -0.25) is 24.0 Å². The van der Waals surface area contributed by atoms with E-state index >= 15 is 0 Å². The molecule has 14 heteroatoms. The van der Waals surface area contributed by atoms with Gasteiger partial charge in [0, 0.05) is 20.6 Å². The average molecular weight is 558 g/mol. The lowest BCUT2D eigenvalue weighted by atomic mass is 10.0. The lowest BCUT2D eigenvalue weighted by Crippen LogP contribution is -2.60. The molecule has 1 aliphatic rings. The van der Waals surface area contributed by atoms with E-state index in [1.807, 2.05) is 13.8 Å². The van der Waals surface area contributed by atoms with Gasteiger partial charge in [0.1, 0.15) is 36.5 Å². The van der Waals surface area contributed by atoms with E-state index in [2.05, 4.69) is 21.3 Å². The van der Waals surface area contributed by atoms with Gasteiger partial charge in [-0.1, -0.05) is 13.8 Å². The zero-order chi connectivity index (χ0) is 29.9. The molecular weight excluding hydrogens is 514 g/mol. The molecule has 0 bridgehead atoms. The van der Waals surface area contributed by atoms with Crippen LogP contribution in [0.3, 0.4) is 0 Å². The van der Waals surface area contributed by atoms with E-state index in [1.165, 1.54) is 25.9 Å². The second-order valence-corrected chi connectivity index (χ2v) is 10.2. The van der Waals surface area contributed by atoms with E-state index in [9.17, 15) is 39.0 Å². The molecular formula is C25H43N5O9. The van der Waals surface area contributed by atoms with Crippen molar-refractivity contribution in [2.45, 2.75) is 96.3 Å². The summed E-state index contributed by atoms with van der Waals surface area (Å²) in [7, 11) is 1.36. The van der Waals surface area contributed by atoms with Crippen LogP contribution >= 0.6 is 0 Å². The van der Waals surface area contributed by atoms with Gasteiger partial charge in [-0.25, -0.2) is 0 Å². The lowest BCUT2D eigenvalue weighted by Gasteiger charge is -2.31. The number of carbonyl (C=O) groups is 6. The number of aliphatic hydroxyl groups excluding tert-OH is 2. The van der Waals surface area contributed by atoms with Crippen molar-refractivity contribution in [2.24, 2.45) is 5.92 Å². The summed E-state index contributed by atoms with van der Waals surface area (Å²) in [5.41, 5.74) is 0. The van der Waals surface area contributed by atoms with Gasteiger partial charge >= 0.3 is 0 Å². The Morgan fingerprint density at radius 1 is 1.00 bits per heavy atom. The molecule has 1 aliphatic heterocycles. The number of nitrogens with zero attached hydrogens (tertiary/aromatic N) is 1. The number of likely N-dealkylation sites (tertiary alicyclic amines) is 1. The van der Waals surface area contributed by atoms with E-state index in [0.717, 1.165) is 0 Å². The molecule has 39 heavy (non-hydrogen) atoms. The zero-order valence-corrected chi connectivity index (χ0v) is 23.4. The van der Waals surface area contributed by atoms with Gasteiger partial charge < -0.3 is 45.9 Å². The smallest absolute Gasteiger partial charge is 0.248 e. The predicted octanol–water partition coefficient (Wildman–Crippen LogP) is -2.41. The van der Waals surface area contributed by atoms with Gasteiger partial charge in [0.15, 0.2) is 0 Å². The molecule has 5 amide bonds. The Morgan fingerprint density at radius 3 is 2.10 bits per heavy atom. The van der Waals surface area contributed by atoms with Gasteiger partial charge in [0.05, 0.1) is 18.8 Å². The summed E-state index contributed by atoms with van der Waals surface area (Å²) in [5, 5.41) is 29.6. The number of hydrogen-bond acceptors (Lipinski definition) is 9. The highest BCUT2D eigenvalue weighted by Crippen LogP contribution is 2.20. The third-order valence-electron chi connectivity index (χ3n) is 6.43. The molecule has 14 nitrogen and oxygen atoms in total. The minimum absolute atomic E-state index is 0.0508. The van der Waals surface area contributed by atoms with Gasteiger partial charge in [-0.05, 0) is 39.0 Å². The number of rotatable bonds is 15. The topological polar surface area (TPSA) is 203 Å². The maximum Gasteiger partial charge on any atom is 0.248 e. The fourth-order valence-electron chi connectivity index (χ4n) is 4.20. The zero-order valence-electron chi connectivity index (χ0n) is 23.4. The first kappa shape index (κ1) is 33.9. The largest absolute Gasteiger partial charge is 0.394 e. The van der Waals surface area contributed by atoms with Crippen LogP contribution in [0.1, 0.15) is 53.9 Å². The van der Waals surface area contributed by atoms with Crippen molar-refractivity contribution in [3.8, 4) is 0 Å². The molecule has 1 saturated heterocycles. The number of ether oxygens (including phenoxy) is 1. The van der Waals surface area contributed by atoms with Crippen LogP contribution in [-0.2, 0) is 33.5 Å². The number of aldehydes is 1. The quantitative estimate of drug-likeness (QED) is 0.119. The monoisotopic (exact) mass is 557 g/mol. The van der Waals surface area contributed by atoms with Gasteiger partial charge in [0.2, 0.25) is 29.5 Å². The molecule has 7 atom stereocenters. The fourth-order valence-corrected chi connectivity index (χ4v) is 4.20. The molecule has 0 unspecified atom stereocenters. The molecule has 0 aromatic rings. The first-order valence-electron chi connectivity index (χ1n) is 13.0. The maximum absolute atomic E-state index is 13.2. The highest BCUT2D eigenvalue weighted by molar-refractivity contribution is 5.96. The molecule has 0 spiro atoms. The Morgan fingerprint density at radius 2 is 1.62 bits per heavy atom. The van der Waals surface area contributed by atoms with Crippen LogP contribution in [0.15, 0.2) is 0 Å². The summed E-state index contributed by atoms with van der Waals surface area (Å²) in [5.74, 6) is -3.32. The Hall–Kier alpha value is -3.10. The number of nitrogens with one attached hydrogen (secondary N) is 4. The van der Waals surface area contributed by atoms with Crippen molar-refractivity contribution < 1.29 is 43.7 Å². The van der Waals surface area contributed by atoms with E-state index in [4.69, 9.17) is 4.74 Å². The highest BCUT2D eigenvalue weighted by atomic mass is 16.5. The number of aliphatic hydroxyl groups is 2. The summed E-state index contributed by atoms with van der Waals surface area (Å²) < 4.78 is 5.04. The Balaban J connectivity index is 3.01. The van der Waals surface area contributed by atoms with Crippen molar-refractivity contribution in [1.29, 1.82) is 0 Å². The van der Waals surface area contributed by atoms with Crippen molar-refractivity contribution in [3.63, 3.8) is 0 Å². The summed E-state index contributed by atoms with van der Waals surface area (Å²) in [4.78, 5) is 76.1. The summed E-state index contributed by atoms with van der Waals surface area (Å²) in [6.45, 7) is 7.26. The predicted molar refractivity (Wildman–Crippen MR) is 139 cm³/mol. The first-order valence-corrected chi connectivity index (χ1v) is 13.0. The molecule has 0 radical (unpaired) electrons. The first-order chi connectivity index (χ1) is 18.3. The lowest BCUT2D eigenvalue weighted by molar-refractivity contribution is -0.144. The number of carbonyl (C=O) groups excluding carboxylic acids is 6. The minimum atomic E-state index is -1.40. The Bertz CT molecular complexity index is 882. The molecule has 1 heterocycles. The third-order valence-corrected chi connectivity index (χ3v) is 6.43. The van der Waals surface area contributed by atoms with E-state index in [-0.39, 0.29) is 18.9 Å². The second-order valence-electron chi connectivity index (χ2n) is 10.2. The fraction of sp³-hybridized carbons (Fsp3) is 0.760. The van der Waals surface area contributed by atoms with E-state index in [1.54, 1.807) is 6.92 Å². The summed E-state index contributed by atoms with van der Waals surface area (Å²) in [6.07, 6.45) is -0.359. The number of methoxy groups -OCH3 is 1. The van der Waals surface area contributed by atoms with Crippen molar-refractivity contribution in [2.75, 3.05) is 20.3 Å². The van der Waals surface area contributed by atoms with Crippen LogP contribution in [0, 0.1) is 5.92 Å². The Labute approximate surface area is 228 Å². The molecule has 6 N–H and O–H groups in total. The van der Waals surface area contributed by atoms with Crippen molar-refractivity contribution in [1.82, 2.24) is 26.2 Å². The highest BCUT2D eigenvalue weighted by Gasteiger charge is 2.40. The summed E-state index contributed by atoms with van der Waals surface area (Å²) >= 11 is 0. The maximum atomic E-state index is 13.2. The third kappa shape index (κ3) is 10.2. The van der Waals surface area contributed by atoms with Crippen LogP contribution in [0.25, 0.3) is 0 Å². The Kier molecular flexibility index (Phi) is 14.0. The van der Waals surface area contributed by atoms with E-state index < -0.39 is 78.6 Å². The average Bonchev–Trinajstić information content (AvgIpc) is 3.37. The van der Waals surface area contributed by atoms with Crippen LogP contribution in [0.2, 0.25) is 0 Å². The molecule has 0 aliphatic carbocycles. The van der Waals surface area contributed by atoms with Crippen molar-refractivity contribution >= 4 is 35.8 Å². The molecule has 1 fully saturated rings. The molecule has 0 saturated carbocycles. The second kappa shape index (κ2) is 16.1. The van der Waals surface area contributed by atoms with Crippen LogP contribution < -0.4 is 21.3 Å². The van der Waals surface area contributed by atoms with Crippen LogP contribution in [-0.4, -0.2) is 114 Å². The van der Waals surface area contributed by atoms with Crippen molar-refractivity contribution in [3.05, 3.63) is 0 Å². The van der Waals surface area contributed by atoms with E-state index in [0.29, 0.717) is 19.1 Å². The molecule has 1 rings (SSSR count). The molecule has 0 aromatic heterocycles. The van der Waals surface area contributed by atoms with Crippen LogP contribution in [0.4, 0.5) is 0 Å². The van der Waals surface area contributed by atoms with Gasteiger partial charge in [-0.15, -0.1) is 0 Å². The minimum Gasteiger partial charge on any atom is -0.394 e. The normalized spacial score (nSPS) is 19.7. The summed E-state index contributed by atoms with van der Waals surface area (Å²) in [6, 6.07) is -5.67. The van der Waals surface area contributed by atoms with Crippen LogP contribution in [0.5, 0.6) is 0 Å². The molecule has 222 valence electrons. The van der Waals surface area contributed by atoms with Gasteiger partial charge in [0.25, 0.3) is 0 Å². The molecule has 0 aromatic carbocycles. The van der Waals surface area contributed by atoms with Gasteiger partial charge in [-0.2, -0.15) is 0 Å².